The molecule has 0 saturated heterocycles. The van der Waals surface area contributed by atoms with Crippen LogP contribution < -0.4 is 4.74 Å². The summed E-state index contributed by atoms with van der Waals surface area (Å²) in [5, 5.41) is 0.726. The van der Waals surface area contributed by atoms with Crippen molar-refractivity contribution in [1.82, 2.24) is 19.5 Å². The highest BCUT2D eigenvalue weighted by atomic mass is 19.1. The van der Waals surface area contributed by atoms with E-state index in [-0.39, 0.29) is 5.82 Å². The summed E-state index contributed by atoms with van der Waals surface area (Å²) in [5.41, 5.74) is 4.12. The Morgan fingerprint density at radius 1 is 1.07 bits per heavy atom. The number of nitrogens with zero attached hydrogens (tertiary/aromatic N) is 4. The molecule has 0 saturated carbocycles. The Morgan fingerprint density at radius 3 is 2.79 bits per heavy atom. The Hall–Kier alpha value is -3.54. The Morgan fingerprint density at radius 2 is 1.93 bits per heavy atom. The molecule has 6 heteroatoms. The van der Waals surface area contributed by atoms with Gasteiger partial charge in [-0.2, -0.15) is 0 Å². The molecule has 0 atom stereocenters. The predicted molar refractivity (Wildman–Crippen MR) is 106 cm³/mol. The van der Waals surface area contributed by atoms with Gasteiger partial charge < -0.3 is 9.30 Å². The summed E-state index contributed by atoms with van der Waals surface area (Å²) in [6.07, 6.45) is 5.61. The third kappa shape index (κ3) is 2.57. The quantitative estimate of drug-likeness (QED) is 0.468. The van der Waals surface area contributed by atoms with Crippen molar-refractivity contribution in [2.45, 2.75) is 13.5 Å². The summed E-state index contributed by atoms with van der Waals surface area (Å²) in [6, 6.07) is 10.9. The van der Waals surface area contributed by atoms with E-state index in [2.05, 4.69) is 20.6 Å². The SMILES string of the molecule is COc1cccc2c1Cn1cc(C=Cc3nc(C)c4cccc(F)c4n3)nc1-2. The molecule has 5 rings (SSSR count). The number of fused-ring (bicyclic) bond motifs is 4. The van der Waals surface area contributed by atoms with Crippen LogP contribution in [0.4, 0.5) is 4.39 Å². The van der Waals surface area contributed by atoms with Crippen LogP contribution >= 0.6 is 0 Å². The van der Waals surface area contributed by atoms with E-state index < -0.39 is 0 Å². The van der Waals surface area contributed by atoms with Crippen LogP contribution in [0.2, 0.25) is 0 Å². The van der Waals surface area contributed by atoms with Crippen LogP contribution in [0.25, 0.3) is 34.4 Å². The number of para-hydroxylation sites is 1. The lowest BCUT2D eigenvalue weighted by Crippen LogP contribution is -1.95. The lowest BCUT2D eigenvalue weighted by atomic mass is 10.1. The van der Waals surface area contributed by atoms with Gasteiger partial charge in [0.15, 0.2) is 5.82 Å². The number of aromatic nitrogens is 4. The van der Waals surface area contributed by atoms with Gasteiger partial charge in [0.1, 0.15) is 22.9 Å². The van der Waals surface area contributed by atoms with Crippen molar-refractivity contribution in [2.75, 3.05) is 7.11 Å². The van der Waals surface area contributed by atoms with Crippen LogP contribution in [0.5, 0.6) is 5.75 Å². The molecule has 1 aliphatic rings. The van der Waals surface area contributed by atoms with E-state index >= 15 is 0 Å². The fourth-order valence-corrected chi connectivity index (χ4v) is 3.68. The average molecular weight is 372 g/mol. The Balaban J connectivity index is 1.50. The molecule has 0 amide bonds. The van der Waals surface area contributed by atoms with Crippen LogP contribution in [0, 0.1) is 12.7 Å². The molecule has 0 spiro atoms. The number of methoxy groups -OCH3 is 1. The number of hydrogen-bond donors (Lipinski definition) is 0. The number of ether oxygens (including phenoxy) is 1. The van der Waals surface area contributed by atoms with Crippen LogP contribution in [-0.4, -0.2) is 26.6 Å². The van der Waals surface area contributed by atoms with Gasteiger partial charge in [-0.15, -0.1) is 0 Å². The Bertz CT molecular complexity index is 1260. The molecule has 0 N–H and O–H groups in total. The summed E-state index contributed by atoms with van der Waals surface area (Å²) in [6.45, 7) is 2.59. The highest BCUT2D eigenvalue weighted by molar-refractivity contribution is 5.82. The molecule has 0 aliphatic carbocycles. The molecule has 138 valence electrons. The summed E-state index contributed by atoms with van der Waals surface area (Å²) in [5.74, 6) is 1.91. The first-order valence-corrected chi connectivity index (χ1v) is 8.98. The standard InChI is InChI=1S/C22H17FN4O/c1-13-15-5-3-7-18(23)21(15)26-20(24-13)10-9-14-11-27-12-17-16(22(27)25-14)6-4-8-19(17)28-2/h3-11H,12H2,1-2H3. The normalized spacial score (nSPS) is 12.5. The van der Waals surface area contributed by atoms with Gasteiger partial charge in [0.25, 0.3) is 0 Å². The Labute approximate surface area is 161 Å². The van der Waals surface area contributed by atoms with Crippen LogP contribution in [-0.2, 0) is 6.54 Å². The Kier molecular flexibility index (Phi) is 3.72. The zero-order chi connectivity index (χ0) is 19.3. The van der Waals surface area contributed by atoms with Gasteiger partial charge in [-0.3, -0.25) is 0 Å². The highest BCUT2D eigenvalue weighted by Crippen LogP contribution is 2.36. The number of hydrogen-bond acceptors (Lipinski definition) is 4. The summed E-state index contributed by atoms with van der Waals surface area (Å²) in [7, 11) is 1.68. The van der Waals surface area contributed by atoms with Crippen molar-refractivity contribution in [3.8, 4) is 17.1 Å². The third-order valence-electron chi connectivity index (χ3n) is 5.01. The van der Waals surface area contributed by atoms with Crippen molar-refractivity contribution in [2.24, 2.45) is 0 Å². The van der Waals surface area contributed by atoms with Crippen LogP contribution in [0.1, 0.15) is 22.8 Å². The van der Waals surface area contributed by atoms with Crippen LogP contribution in [0.3, 0.4) is 0 Å². The van der Waals surface area contributed by atoms with Gasteiger partial charge in [-0.05, 0) is 31.2 Å². The molecule has 2 aromatic carbocycles. The number of halogens is 1. The number of imidazole rings is 1. The minimum atomic E-state index is -0.343. The summed E-state index contributed by atoms with van der Waals surface area (Å²) >= 11 is 0. The first kappa shape index (κ1) is 16.6. The molecular formula is C22H17FN4O. The second-order valence-electron chi connectivity index (χ2n) is 6.74. The summed E-state index contributed by atoms with van der Waals surface area (Å²) in [4.78, 5) is 13.5. The second kappa shape index (κ2) is 6.27. The van der Waals surface area contributed by atoms with Crippen molar-refractivity contribution in [3.05, 3.63) is 71.2 Å². The maximum absolute atomic E-state index is 14.1. The second-order valence-corrected chi connectivity index (χ2v) is 6.74. The van der Waals surface area contributed by atoms with Gasteiger partial charge >= 0.3 is 0 Å². The lowest BCUT2D eigenvalue weighted by Gasteiger charge is -2.05. The topological polar surface area (TPSA) is 52.8 Å². The zero-order valence-electron chi connectivity index (χ0n) is 15.5. The van der Waals surface area contributed by atoms with Crippen molar-refractivity contribution < 1.29 is 9.13 Å². The fourth-order valence-electron chi connectivity index (χ4n) is 3.68. The van der Waals surface area contributed by atoms with Gasteiger partial charge in [0, 0.05) is 28.4 Å². The minimum Gasteiger partial charge on any atom is -0.496 e. The van der Waals surface area contributed by atoms with E-state index in [1.54, 1.807) is 19.3 Å². The number of rotatable bonds is 3. The minimum absolute atomic E-state index is 0.336. The fraction of sp³-hybridized carbons (Fsp3) is 0.136. The first-order chi connectivity index (χ1) is 13.6. The maximum Gasteiger partial charge on any atom is 0.153 e. The van der Waals surface area contributed by atoms with Gasteiger partial charge in [0.2, 0.25) is 0 Å². The summed E-state index contributed by atoms with van der Waals surface area (Å²) < 4.78 is 21.6. The van der Waals surface area contributed by atoms with E-state index in [0.717, 1.165) is 46.0 Å². The molecule has 0 bridgehead atoms. The smallest absolute Gasteiger partial charge is 0.153 e. The third-order valence-corrected chi connectivity index (χ3v) is 5.01. The van der Waals surface area contributed by atoms with E-state index in [1.807, 2.05) is 37.4 Å². The van der Waals surface area contributed by atoms with E-state index in [9.17, 15) is 4.39 Å². The monoisotopic (exact) mass is 372 g/mol. The molecule has 5 nitrogen and oxygen atoms in total. The number of benzene rings is 2. The van der Waals surface area contributed by atoms with Crippen molar-refractivity contribution in [3.63, 3.8) is 0 Å². The van der Waals surface area contributed by atoms with Gasteiger partial charge in [-0.1, -0.05) is 24.3 Å². The lowest BCUT2D eigenvalue weighted by molar-refractivity contribution is 0.410. The van der Waals surface area contributed by atoms with E-state index in [0.29, 0.717) is 11.3 Å². The van der Waals surface area contributed by atoms with E-state index in [4.69, 9.17) is 9.72 Å². The number of aryl methyl sites for hydroxylation is 1. The molecule has 4 aromatic rings. The molecule has 0 radical (unpaired) electrons. The molecule has 1 aliphatic heterocycles. The molecule has 0 fully saturated rings. The molecular weight excluding hydrogens is 355 g/mol. The van der Waals surface area contributed by atoms with Crippen molar-refractivity contribution in [1.29, 1.82) is 0 Å². The first-order valence-electron chi connectivity index (χ1n) is 8.98. The molecule has 2 aromatic heterocycles. The maximum atomic E-state index is 14.1. The zero-order valence-corrected chi connectivity index (χ0v) is 15.5. The molecule has 0 unspecified atom stereocenters. The van der Waals surface area contributed by atoms with E-state index in [1.165, 1.54) is 6.07 Å². The largest absolute Gasteiger partial charge is 0.496 e. The molecule has 28 heavy (non-hydrogen) atoms. The van der Waals surface area contributed by atoms with Gasteiger partial charge in [0.05, 0.1) is 19.3 Å². The predicted octanol–water partition coefficient (Wildman–Crippen LogP) is 4.48. The van der Waals surface area contributed by atoms with Crippen molar-refractivity contribution >= 4 is 23.1 Å². The van der Waals surface area contributed by atoms with Gasteiger partial charge in [-0.25, -0.2) is 19.3 Å². The highest BCUT2D eigenvalue weighted by Gasteiger charge is 2.23. The average Bonchev–Trinajstić information content (AvgIpc) is 3.24. The van der Waals surface area contributed by atoms with Crippen LogP contribution in [0.15, 0.2) is 42.6 Å². The molecule has 3 heterocycles.